The standard InChI is InChI=1S/C14H22N2O3/c1-3-8-15-14(17)11-16-12-4-6-13(7-5-12)19-10-9-18-2/h4-7,16H,3,8-11H2,1-2H3,(H,15,17). The molecule has 1 rings (SSSR count). The van der Waals surface area contributed by atoms with Gasteiger partial charge in [-0.15, -0.1) is 0 Å². The van der Waals surface area contributed by atoms with Gasteiger partial charge in [0.05, 0.1) is 13.2 Å². The molecule has 1 aromatic carbocycles. The molecule has 1 amide bonds. The Balaban J connectivity index is 2.29. The lowest BCUT2D eigenvalue weighted by molar-refractivity contribution is -0.119. The summed E-state index contributed by atoms with van der Waals surface area (Å²) < 4.78 is 10.4. The highest BCUT2D eigenvalue weighted by molar-refractivity contribution is 5.80. The van der Waals surface area contributed by atoms with Crippen molar-refractivity contribution in [1.82, 2.24) is 5.32 Å². The minimum Gasteiger partial charge on any atom is -0.491 e. The molecule has 0 aliphatic rings. The predicted octanol–water partition coefficient (Wildman–Crippen LogP) is 1.65. The molecule has 0 atom stereocenters. The van der Waals surface area contributed by atoms with Crippen LogP contribution in [0.4, 0.5) is 5.69 Å². The number of benzene rings is 1. The van der Waals surface area contributed by atoms with E-state index in [1.54, 1.807) is 7.11 Å². The van der Waals surface area contributed by atoms with Crippen molar-refractivity contribution in [2.24, 2.45) is 0 Å². The number of nitrogens with one attached hydrogen (secondary N) is 2. The van der Waals surface area contributed by atoms with Gasteiger partial charge in [0.15, 0.2) is 0 Å². The molecule has 0 saturated heterocycles. The maximum atomic E-state index is 11.4. The first-order chi connectivity index (χ1) is 9.26. The molecule has 0 unspecified atom stereocenters. The molecule has 0 fully saturated rings. The molecule has 0 bridgehead atoms. The molecular weight excluding hydrogens is 244 g/mol. The fraction of sp³-hybridized carbons (Fsp3) is 0.500. The zero-order chi connectivity index (χ0) is 13.9. The van der Waals surface area contributed by atoms with Gasteiger partial charge in [0, 0.05) is 19.3 Å². The Morgan fingerprint density at radius 1 is 1.21 bits per heavy atom. The Bertz CT molecular complexity index is 365. The Hall–Kier alpha value is -1.75. The van der Waals surface area contributed by atoms with Crippen molar-refractivity contribution >= 4 is 11.6 Å². The van der Waals surface area contributed by atoms with E-state index in [1.807, 2.05) is 31.2 Å². The molecule has 5 nitrogen and oxygen atoms in total. The van der Waals surface area contributed by atoms with Crippen molar-refractivity contribution in [3.63, 3.8) is 0 Å². The fourth-order valence-corrected chi connectivity index (χ4v) is 1.42. The number of methoxy groups -OCH3 is 1. The summed E-state index contributed by atoms with van der Waals surface area (Å²) in [6, 6.07) is 7.49. The molecule has 2 N–H and O–H groups in total. The topological polar surface area (TPSA) is 59.6 Å². The second kappa shape index (κ2) is 9.22. The number of carbonyl (C=O) groups excluding carboxylic acids is 1. The molecule has 0 saturated carbocycles. The Kier molecular flexibility index (Phi) is 7.43. The summed E-state index contributed by atoms with van der Waals surface area (Å²) in [5, 5.41) is 5.86. The van der Waals surface area contributed by atoms with Crippen molar-refractivity contribution in [1.29, 1.82) is 0 Å². The number of amides is 1. The van der Waals surface area contributed by atoms with E-state index >= 15 is 0 Å². The first-order valence-corrected chi connectivity index (χ1v) is 6.48. The van der Waals surface area contributed by atoms with Gasteiger partial charge in [0.1, 0.15) is 12.4 Å². The van der Waals surface area contributed by atoms with Crippen molar-refractivity contribution in [3.05, 3.63) is 24.3 Å². The van der Waals surface area contributed by atoms with Crippen LogP contribution in [0.2, 0.25) is 0 Å². The quantitative estimate of drug-likeness (QED) is 0.667. The van der Waals surface area contributed by atoms with Gasteiger partial charge in [0.25, 0.3) is 0 Å². The Morgan fingerprint density at radius 2 is 1.95 bits per heavy atom. The average molecular weight is 266 g/mol. The Labute approximate surface area is 114 Å². The number of anilines is 1. The highest BCUT2D eigenvalue weighted by Crippen LogP contribution is 2.15. The van der Waals surface area contributed by atoms with Crippen molar-refractivity contribution in [2.75, 3.05) is 38.7 Å². The summed E-state index contributed by atoms with van der Waals surface area (Å²) in [6.45, 7) is 4.12. The van der Waals surface area contributed by atoms with Gasteiger partial charge in [-0.1, -0.05) is 6.92 Å². The molecule has 5 heteroatoms. The smallest absolute Gasteiger partial charge is 0.239 e. The highest BCUT2D eigenvalue weighted by atomic mass is 16.5. The van der Waals surface area contributed by atoms with Crippen molar-refractivity contribution in [2.45, 2.75) is 13.3 Å². The monoisotopic (exact) mass is 266 g/mol. The van der Waals surface area contributed by atoms with Crippen LogP contribution >= 0.6 is 0 Å². The molecule has 1 aromatic rings. The normalized spacial score (nSPS) is 10.0. The summed E-state index contributed by atoms with van der Waals surface area (Å²) >= 11 is 0. The molecule has 0 aliphatic heterocycles. The summed E-state index contributed by atoms with van der Waals surface area (Å²) in [6.07, 6.45) is 0.944. The van der Waals surface area contributed by atoms with Crippen molar-refractivity contribution < 1.29 is 14.3 Å². The maximum Gasteiger partial charge on any atom is 0.239 e. The molecule has 19 heavy (non-hydrogen) atoms. The van der Waals surface area contributed by atoms with E-state index in [0.717, 1.165) is 17.9 Å². The number of carbonyl (C=O) groups is 1. The van der Waals surface area contributed by atoms with Crippen LogP contribution in [0.3, 0.4) is 0 Å². The third-order valence-corrected chi connectivity index (χ3v) is 2.44. The zero-order valence-electron chi connectivity index (χ0n) is 11.6. The lowest BCUT2D eigenvalue weighted by Gasteiger charge is -2.09. The summed E-state index contributed by atoms with van der Waals surface area (Å²) in [5.41, 5.74) is 0.894. The molecule has 0 aliphatic carbocycles. The van der Waals surface area contributed by atoms with Crippen LogP contribution < -0.4 is 15.4 Å². The molecule has 0 aromatic heterocycles. The zero-order valence-corrected chi connectivity index (χ0v) is 11.6. The molecule has 0 radical (unpaired) electrons. The van der Waals surface area contributed by atoms with E-state index in [-0.39, 0.29) is 12.5 Å². The van der Waals surface area contributed by atoms with E-state index in [0.29, 0.717) is 19.8 Å². The van der Waals surface area contributed by atoms with Crippen LogP contribution in [0.5, 0.6) is 5.75 Å². The summed E-state index contributed by atoms with van der Waals surface area (Å²) in [5.74, 6) is 0.792. The third-order valence-electron chi connectivity index (χ3n) is 2.44. The van der Waals surface area contributed by atoms with Gasteiger partial charge in [0.2, 0.25) is 5.91 Å². The number of rotatable bonds is 9. The highest BCUT2D eigenvalue weighted by Gasteiger charge is 2.00. The lowest BCUT2D eigenvalue weighted by atomic mass is 10.3. The van der Waals surface area contributed by atoms with Gasteiger partial charge in [-0.05, 0) is 30.7 Å². The van der Waals surface area contributed by atoms with Gasteiger partial charge in [-0.3, -0.25) is 4.79 Å². The minimum absolute atomic E-state index is 0.00210. The van der Waals surface area contributed by atoms with Gasteiger partial charge < -0.3 is 20.1 Å². The van der Waals surface area contributed by atoms with E-state index in [4.69, 9.17) is 9.47 Å². The second-order valence-electron chi connectivity index (χ2n) is 4.07. The van der Waals surface area contributed by atoms with Gasteiger partial charge >= 0.3 is 0 Å². The minimum atomic E-state index is 0.00210. The molecular formula is C14H22N2O3. The summed E-state index contributed by atoms with van der Waals surface area (Å²) in [7, 11) is 1.64. The number of hydrogen-bond acceptors (Lipinski definition) is 4. The van der Waals surface area contributed by atoms with Crippen molar-refractivity contribution in [3.8, 4) is 5.75 Å². The largest absolute Gasteiger partial charge is 0.491 e. The third kappa shape index (κ3) is 6.67. The van der Waals surface area contributed by atoms with E-state index in [1.165, 1.54) is 0 Å². The number of hydrogen-bond donors (Lipinski definition) is 2. The maximum absolute atomic E-state index is 11.4. The van der Waals surface area contributed by atoms with E-state index in [2.05, 4.69) is 10.6 Å². The predicted molar refractivity (Wildman–Crippen MR) is 75.6 cm³/mol. The SMILES string of the molecule is CCCNC(=O)CNc1ccc(OCCOC)cc1. The van der Waals surface area contributed by atoms with Gasteiger partial charge in [-0.2, -0.15) is 0 Å². The molecule has 0 heterocycles. The first-order valence-electron chi connectivity index (χ1n) is 6.48. The average Bonchev–Trinajstić information content (AvgIpc) is 2.44. The van der Waals surface area contributed by atoms with E-state index < -0.39 is 0 Å². The number of ether oxygens (including phenoxy) is 2. The molecule has 0 spiro atoms. The van der Waals surface area contributed by atoms with Crippen LogP contribution in [0.25, 0.3) is 0 Å². The second-order valence-corrected chi connectivity index (χ2v) is 4.07. The van der Waals surface area contributed by atoms with Crippen LogP contribution in [0.1, 0.15) is 13.3 Å². The Morgan fingerprint density at radius 3 is 2.58 bits per heavy atom. The van der Waals surface area contributed by atoms with Crippen LogP contribution in [0, 0.1) is 0 Å². The fourth-order valence-electron chi connectivity index (χ4n) is 1.42. The lowest BCUT2D eigenvalue weighted by Crippen LogP contribution is -2.30. The first kappa shape index (κ1) is 15.3. The summed E-state index contributed by atoms with van der Waals surface area (Å²) in [4.78, 5) is 11.4. The van der Waals surface area contributed by atoms with Gasteiger partial charge in [-0.25, -0.2) is 0 Å². The van der Waals surface area contributed by atoms with Crippen LogP contribution in [0.15, 0.2) is 24.3 Å². The van der Waals surface area contributed by atoms with Crippen LogP contribution in [-0.2, 0) is 9.53 Å². The molecule has 106 valence electrons. The van der Waals surface area contributed by atoms with Crippen LogP contribution in [-0.4, -0.2) is 39.3 Å². The van der Waals surface area contributed by atoms with E-state index in [9.17, 15) is 4.79 Å².